The van der Waals surface area contributed by atoms with E-state index in [1.807, 2.05) is 0 Å². The lowest BCUT2D eigenvalue weighted by atomic mass is 10.2. The van der Waals surface area contributed by atoms with Gasteiger partial charge in [-0.1, -0.05) is 6.92 Å². The van der Waals surface area contributed by atoms with Crippen molar-refractivity contribution < 1.29 is 14.7 Å². The third-order valence-electron chi connectivity index (χ3n) is 2.07. The second-order valence-electron chi connectivity index (χ2n) is 3.19. The van der Waals surface area contributed by atoms with Crippen molar-refractivity contribution in [2.45, 2.75) is 19.4 Å². The van der Waals surface area contributed by atoms with Crippen LogP contribution in [-0.4, -0.2) is 28.0 Å². The number of amides is 1. The summed E-state index contributed by atoms with van der Waals surface area (Å²) in [6.45, 7) is 1.63. The third-order valence-corrected chi connectivity index (χ3v) is 2.07. The van der Waals surface area contributed by atoms with Crippen molar-refractivity contribution in [2.75, 3.05) is 0 Å². The van der Waals surface area contributed by atoms with Crippen molar-refractivity contribution in [3.63, 3.8) is 0 Å². The first-order valence-electron chi connectivity index (χ1n) is 4.77. The largest absolute Gasteiger partial charge is 0.480 e. The monoisotopic (exact) mass is 224 g/mol. The first-order valence-corrected chi connectivity index (χ1v) is 4.77. The van der Waals surface area contributed by atoms with E-state index in [0.29, 0.717) is 0 Å². The van der Waals surface area contributed by atoms with E-state index in [9.17, 15) is 14.4 Å². The molecule has 0 unspecified atom stereocenters. The number of pyridine rings is 1. The number of carbonyl (C=O) groups excluding carboxylic acids is 1. The van der Waals surface area contributed by atoms with Crippen LogP contribution in [0.4, 0.5) is 0 Å². The van der Waals surface area contributed by atoms with Gasteiger partial charge in [-0.2, -0.15) is 0 Å². The number of carboxylic acids is 1. The van der Waals surface area contributed by atoms with Crippen molar-refractivity contribution in [1.29, 1.82) is 0 Å². The molecule has 6 heteroatoms. The van der Waals surface area contributed by atoms with Gasteiger partial charge in [0.25, 0.3) is 11.5 Å². The van der Waals surface area contributed by atoms with E-state index in [2.05, 4.69) is 10.3 Å². The Bertz CT molecular complexity index is 452. The maximum atomic E-state index is 11.5. The van der Waals surface area contributed by atoms with Crippen molar-refractivity contribution in [3.8, 4) is 0 Å². The molecule has 16 heavy (non-hydrogen) atoms. The summed E-state index contributed by atoms with van der Waals surface area (Å²) in [5, 5.41) is 11.0. The second-order valence-corrected chi connectivity index (χ2v) is 3.19. The summed E-state index contributed by atoms with van der Waals surface area (Å²) in [5.41, 5.74) is -0.637. The zero-order valence-electron chi connectivity index (χ0n) is 8.69. The highest BCUT2D eigenvalue weighted by atomic mass is 16.4. The lowest BCUT2D eigenvalue weighted by Gasteiger charge is -2.11. The summed E-state index contributed by atoms with van der Waals surface area (Å²) in [6, 6.07) is 1.85. The standard InChI is InChI=1S/C10H12N2O4/c1-2-7(10(15)16)12-9(14)6-4-3-5-11-8(6)13/h3-5,7H,2H2,1H3,(H,11,13)(H,12,14)(H,15,16)/t7-/m1/s1. The number of carboxylic acid groups (broad SMARTS) is 1. The van der Waals surface area contributed by atoms with Gasteiger partial charge in [-0.05, 0) is 18.6 Å². The molecule has 0 aliphatic carbocycles. The molecule has 0 spiro atoms. The Morgan fingerprint density at radius 2 is 2.25 bits per heavy atom. The van der Waals surface area contributed by atoms with Crippen LogP contribution in [0.1, 0.15) is 23.7 Å². The topological polar surface area (TPSA) is 99.3 Å². The number of H-pyrrole nitrogens is 1. The van der Waals surface area contributed by atoms with Gasteiger partial charge < -0.3 is 15.4 Å². The second kappa shape index (κ2) is 5.11. The summed E-state index contributed by atoms with van der Waals surface area (Å²) in [4.78, 5) is 35.8. The van der Waals surface area contributed by atoms with Crippen LogP contribution in [0.2, 0.25) is 0 Å². The van der Waals surface area contributed by atoms with Crippen LogP contribution >= 0.6 is 0 Å². The van der Waals surface area contributed by atoms with E-state index in [1.165, 1.54) is 18.3 Å². The van der Waals surface area contributed by atoms with E-state index >= 15 is 0 Å². The van der Waals surface area contributed by atoms with Crippen LogP contribution < -0.4 is 10.9 Å². The first-order chi connectivity index (χ1) is 7.56. The van der Waals surface area contributed by atoms with Gasteiger partial charge in [0.05, 0.1) is 0 Å². The van der Waals surface area contributed by atoms with E-state index in [1.54, 1.807) is 6.92 Å². The molecule has 0 fully saturated rings. The van der Waals surface area contributed by atoms with Crippen LogP contribution in [0.25, 0.3) is 0 Å². The zero-order valence-corrected chi connectivity index (χ0v) is 8.69. The van der Waals surface area contributed by atoms with E-state index in [0.717, 1.165) is 0 Å². The number of nitrogens with one attached hydrogen (secondary N) is 2. The fourth-order valence-electron chi connectivity index (χ4n) is 1.17. The third kappa shape index (κ3) is 2.69. The molecular weight excluding hydrogens is 212 g/mol. The number of aromatic amines is 1. The summed E-state index contributed by atoms with van der Waals surface area (Å²) in [7, 11) is 0. The molecule has 0 aliphatic rings. The van der Waals surface area contributed by atoms with Crippen LogP contribution in [0.5, 0.6) is 0 Å². The Morgan fingerprint density at radius 3 is 2.75 bits per heavy atom. The highest BCUT2D eigenvalue weighted by Crippen LogP contribution is 1.95. The highest BCUT2D eigenvalue weighted by Gasteiger charge is 2.19. The Kier molecular flexibility index (Phi) is 3.82. The average Bonchev–Trinajstić information content (AvgIpc) is 2.25. The molecule has 0 aromatic carbocycles. The quantitative estimate of drug-likeness (QED) is 0.668. The Labute approximate surface area is 91.3 Å². The van der Waals surface area contributed by atoms with Gasteiger partial charge in [0, 0.05) is 6.20 Å². The molecule has 1 aromatic heterocycles. The van der Waals surface area contributed by atoms with Crippen LogP contribution in [0, 0.1) is 0 Å². The zero-order chi connectivity index (χ0) is 12.1. The number of rotatable bonds is 4. The summed E-state index contributed by atoms with van der Waals surface area (Å²) in [6.07, 6.45) is 1.65. The van der Waals surface area contributed by atoms with Crippen molar-refractivity contribution in [1.82, 2.24) is 10.3 Å². The fourth-order valence-corrected chi connectivity index (χ4v) is 1.17. The van der Waals surface area contributed by atoms with E-state index in [-0.39, 0.29) is 12.0 Å². The minimum absolute atomic E-state index is 0.0952. The normalized spacial score (nSPS) is 11.8. The molecule has 0 saturated heterocycles. The van der Waals surface area contributed by atoms with Gasteiger partial charge in [-0.25, -0.2) is 4.79 Å². The molecule has 0 bridgehead atoms. The van der Waals surface area contributed by atoms with Crippen LogP contribution in [-0.2, 0) is 4.79 Å². The van der Waals surface area contributed by atoms with Gasteiger partial charge in [-0.15, -0.1) is 0 Å². The van der Waals surface area contributed by atoms with Crippen molar-refractivity contribution in [2.24, 2.45) is 0 Å². The van der Waals surface area contributed by atoms with Gasteiger partial charge >= 0.3 is 5.97 Å². The molecular formula is C10H12N2O4. The number of hydrogen-bond donors (Lipinski definition) is 3. The molecule has 1 aromatic rings. The molecule has 1 heterocycles. The fraction of sp³-hybridized carbons (Fsp3) is 0.300. The molecule has 1 amide bonds. The average molecular weight is 224 g/mol. The van der Waals surface area contributed by atoms with Gasteiger partial charge in [0.15, 0.2) is 0 Å². The minimum atomic E-state index is -1.12. The molecule has 3 N–H and O–H groups in total. The number of aromatic nitrogens is 1. The number of hydrogen-bond acceptors (Lipinski definition) is 3. The maximum Gasteiger partial charge on any atom is 0.326 e. The molecule has 6 nitrogen and oxygen atoms in total. The predicted molar refractivity (Wildman–Crippen MR) is 56.2 cm³/mol. The smallest absolute Gasteiger partial charge is 0.326 e. The summed E-state index contributed by atoms with van der Waals surface area (Å²) < 4.78 is 0. The van der Waals surface area contributed by atoms with Gasteiger partial charge in [-0.3, -0.25) is 9.59 Å². The summed E-state index contributed by atoms with van der Waals surface area (Å²) >= 11 is 0. The maximum absolute atomic E-state index is 11.5. The van der Waals surface area contributed by atoms with E-state index in [4.69, 9.17) is 5.11 Å². The van der Waals surface area contributed by atoms with E-state index < -0.39 is 23.5 Å². The van der Waals surface area contributed by atoms with Gasteiger partial charge in [0.2, 0.25) is 0 Å². The molecule has 0 radical (unpaired) electrons. The molecule has 0 saturated carbocycles. The number of carbonyl (C=O) groups is 2. The van der Waals surface area contributed by atoms with Gasteiger partial charge in [0.1, 0.15) is 11.6 Å². The number of aliphatic carboxylic acids is 1. The van der Waals surface area contributed by atoms with Crippen molar-refractivity contribution in [3.05, 3.63) is 34.2 Å². The molecule has 1 atom stereocenters. The lowest BCUT2D eigenvalue weighted by Crippen LogP contribution is -2.41. The Hall–Kier alpha value is -2.11. The van der Waals surface area contributed by atoms with Crippen LogP contribution in [0.15, 0.2) is 23.1 Å². The predicted octanol–water partition coefficient (Wildman–Crippen LogP) is -0.0321. The molecule has 1 rings (SSSR count). The Balaban J connectivity index is 2.84. The SMILES string of the molecule is CC[C@@H](NC(=O)c1ccc[nH]c1=O)C(=O)O. The first kappa shape index (κ1) is 12.0. The summed E-state index contributed by atoms with van der Waals surface area (Å²) in [5.74, 6) is -1.81. The molecule has 86 valence electrons. The highest BCUT2D eigenvalue weighted by molar-refractivity contribution is 5.96. The van der Waals surface area contributed by atoms with Crippen LogP contribution in [0.3, 0.4) is 0 Å². The minimum Gasteiger partial charge on any atom is -0.480 e. The molecule has 0 aliphatic heterocycles. The Morgan fingerprint density at radius 1 is 1.56 bits per heavy atom. The lowest BCUT2D eigenvalue weighted by molar-refractivity contribution is -0.139. The van der Waals surface area contributed by atoms with Crippen molar-refractivity contribution >= 4 is 11.9 Å².